The average molecular weight is 498 g/mol. The number of hydrogen-bond acceptors (Lipinski definition) is 5. The highest BCUT2D eigenvalue weighted by atomic mass is 35.5. The highest BCUT2D eigenvalue weighted by Gasteiger charge is 2.29. The molecule has 0 aliphatic carbocycles. The number of halogens is 2. The SMILES string of the molecule is O=C(Nc1cc(Cl)ccc1N1CCOCC1)c1ccc(Cl)c(S(=O)(=O)N2CCCCC2)c1. The van der Waals surface area contributed by atoms with Gasteiger partial charge in [0.2, 0.25) is 10.0 Å². The number of ether oxygens (including phenoxy) is 1. The number of sulfonamides is 1. The molecule has 172 valence electrons. The average Bonchev–Trinajstić information content (AvgIpc) is 2.80. The van der Waals surface area contributed by atoms with Crippen LogP contribution in [-0.4, -0.2) is 58.0 Å². The van der Waals surface area contributed by atoms with Gasteiger partial charge < -0.3 is 15.0 Å². The van der Waals surface area contributed by atoms with Crippen molar-refractivity contribution in [3.8, 4) is 0 Å². The Bertz CT molecular complexity index is 1100. The van der Waals surface area contributed by atoms with Gasteiger partial charge >= 0.3 is 0 Å². The van der Waals surface area contributed by atoms with Crippen LogP contribution in [0.15, 0.2) is 41.3 Å². The number of nitrogens with one attached hydrogen (secondary N) is 1. The Balaban J connectivity index is 1.61. The van der Waals surface area contributed by atoms with E-state index in [9.17, 15) is 13.2 Å². The molecule has 0 saturated carbocycles. The Kier molecular flexibility index (Phi) is 7.27. The lowest BCUT2D eigenvalue weighted by Gasteiger charge is -2.30. The second-order valence-electron chi connectivity index (χ2n) is 7.82. The lowest BCUT2D eigenvalue weighted by Crippen LogP contribution is -2.36. The van der Waals surface area contributed by atoms with E-state index in [1.807, 2.05) is 6.07 Å². The van der Waals surface area contributed by atoms with Crippen molar-refractivity contribution in [3.05, 3.63) is 52.0 Å². The van der Waals surface area contributed by atoms with Gasteiger partial charge in [-0.05, 0) is 49.2 Å². The molecule has 2 aliphatic rings. The van der Waals surface area contributed by atoms with Crippen LogP contribution in [0, 0.1) is 0 Å². The van der Waals surface area contributed by atoms with Gasteiger partial charge in [-0.3, -0.25) is 4.79 Å². The van der Waals surface area contributed by atoms with Gasteiger partial charge in [0.25, 0.3) is 5.91 Å². The van der Waals surface area contributed by atoms with E-state index in [1.165, 1.54) is 22.5 Å². The summed E-state index contributed by atoms with van der Waals surface area (Å²) >= 11 is 12.4. The van der Waals surface area contributed by atoms with E-state index in [4.69, 9.17) is 27.9 Å². The Morgan fingerprint density at radius 3 is 2.38 bits per heavy atom. The monoisotopic (exact) mass is 497 g/mol. The van der Waals surface area contributed by atoms with Crippen LogP contribution in [0.1, 0.15) is 29.6 Å². The van der Waals surface area contributed by atoms with Crippen molar-refractivity contribution < 1.29 is 17.9 Å². The van der Waals surface area contributed by atoms with Gasteiger partial charge in [-0.25, -0.2) is 8.42 Å². The number of amides is 1. The number of morpholine rings is 1. The van der Waals surface area contributed by atoms with Gasteiger partial charge in [-0.2, -0.15) is 4.31 Å². The van der Waals surface area contributed by atoms with Crippen LogP contribution < -0.4 is 10.2 Å². The molecule has 2 aromatic carbocycles. The van der Waals surface area contributed by atoms with E-state index < -0.39 is 15.9 Å². The minimum Gasteiger partial charge on any atom is -0.378 e. The zero-order chi connectivity index (χ0) is 22.7. The lowest BCUT2D eigenvalue weighted by molar-refractivity contribution is 0.102. The summed E-state index contributed by atoms with van der Waals surface area (Å²) in [4.78, 5) is 15.1. The molecule has 2 fully saturated rings. The van der Waals surface area contributed by atoms with E-state index in [1.54, 1.807) is 12.1 Å². The van der Waals surface area contributed by atoms with Gasteiger partial charge in [-0.15, -0.1) is 0 Å². The lowest BCUT2D eigenvalue weighted by atomic mass is 10.2. The molecule has 7 nitrogen and oxygen atoms in total. The number of benzene rings is 2. The van der Waals surface area contributed by atoms with E-state index in [2.05, 4.69) is 10.2 Å². The summed E-state index contributed by atoms with van der Waals surface area (Å²) in [5, 5.41) is 3.47. The second-order valence-corrected chi connectivity index (χ2v) is 10.6. The standard InChI is InChI=1S/C22H25Cl2N3O4S/c23-17-5-7-20(26-10-12-31-13-11-26)19(15-17)25-22(28)16-4-6-18(24)21(14-16)32(29,30)27-8-2-1-3-9-27/h4-7,14-15H,1-3,8-13H2,(H,25,28). The van der Waals surface area contributed by atoms with Gasteiger partial charge in [0.05, 0.1) is 29.6 Å². The van der Waals surface area contributed by atoms with E-state index in [0.717, 1.165) is 24.9 Å². The van der Waals surface area contributed by atoms with Gasteiger partial charge in [0, 0.05) is 36.8 Å². The minimum atomic E-state index is -3.78. The molecule has 0 atom stereocenters. The largest absolute Gasteiger partial charge is 0.378 e. The summed E-state index contributed by atoms with van der Waals surface area (Å²) in [5.74, 6) is -0.437. The van der Waals surface area contributed by atoms with E-state index >= 15 is 0 Å². The molecule has 2 heterocycles. The third-order valence-electron chi connectivity index (χ3n) is 5.68. The predicted octanol–water partition coefficient (Wildman–Crippen LogP) is 4.26. The Morgan fingerprint density at radius 2 is 1.66 bits per heavy atom. The first kappa shape index (κ1) is 23.3. The molecule has 0 radical (unpaired) electrons. The molecular weight excluding hydrogens is 473 g/mol. The molecule has 0 aromatic heterocycles. The molecule has 2 aromatic rings. The highest BCUT2D eigenvalue weighted by Crippen LogP contribution is 2.32. The Hall–Kier alpha value is -1.84. The van der Waals surface area contributed by atoms with E-state index in [0.29, 0.717) is 50.1 Å². The fourth-order valence-electron chi connectivity index (χ4n) is 3.97. The Labute approximate surface area is 198 Å². The molecule has 2 aliphatic heterocycles. The number of rotatable bonds is 5. The first-order chi connectivity index (χ1) is 15.4. The van der Waals surface area contributed by atoms with Crippen molar-refractivity contribution in [2.75, 3.05) is 49.6 Å². The molecule has 10 heteroatoms. The maximum Gasteiger partial charge on any atom is 0.255 e. The highest BCUT2D eigenvalue weighted by molar-refractivity contribution is 7.89. The zero-order valence-corrected chi connectivity index (χ0v) is 19.8. The van der Waals surface area contributed by atoms with Crippen molar-refractivity contribution >= 4 is 50.5 Å². The first-order valence-corrected chi connectivity index (χ1v) is 12.8. The zero-order valence-electron chi connectivity index (χ0n) is 17.5. The summed E-state index contributed by atoms with van der Waals surface area (Å²) in [6.45, 7) is 3.52. The normalized spacial score (nSPS) is 17.9. The third-order valence-corrected chi connectivity index (χ3v) is 8.30. The number of carbonyl (C=O) groups is 1. The second kappa shape index (κ2) is 9.97. The van der Waals surface area contributed by atoms with Crippen LogP contribution in [0.3, 0.4) is 0 Å². The number of anilines is 2. The molecular formula is C22H25Cl2N3O4S. The summed E-state index contributed by atoms with van der Waals surface area (Å²) in [5.41, 5.74) is 1.60. The van der Waals surface area contributed by atoms with Crippen molar-refractivity contribution in [1.82, 2.24) is 4.31 Å². The van der Waals surface area contributed by atoms with Crippen LogP contribution in [0.2, 0.25) is 10.0 Å². The molecule has 1 N–H and O–H groups in total. The first-order valence-electron chi connectivity index (χ1n) is 10.6. The molecule has 4 rings (SSSR count). The summed E-state index contributed by atoms with van der Waals surface area (Å²) < 4.78 is 33.1. The molecule has 0 unspecified atom stereocenters. The van der Waals surface area contributed by atoms with Gasteiger partial charge in [0.1, 0.15) is 4.90 Å². The van der Waals surface area contributed by atoms with Crippen molar-refractivity contribution in [3.63, 3.8) is 0 Å². The molecule has 32 heavy (non-hydrogen) atoms. The predicted molar refractivity (Wildman–Crippen MR) is 126 cm³/mol. The molecule has 2 saturated heterocycles. The van der Waals surface area contributed by atoms with Crippen molar-refractivity contribution in [2.24, 2.45) is 0 Å². The van der Waals surface area contributed by atoms with Crippen LogP contribution in [0.25, 0.3) is 0 Å². The molecule has 0 spiro atoms. The van der Waals surface area contributed by atoms with E-state index in [-0.39, 0.29) is 15.5 Å². The van der Waals surface area contributed by atoms with Crippen LogP contribution in [0.4, 0.5) is 11.4 Å². The van der Waals surface area contributed by atoms with Crippen LogP contribution in [-0.2, 0) is 14.8 Å². The number of hydrogen-bond donors (Lipinski definition) is 1. The summed E-state index contributed by atoms with van der Waals surface area (Å²) in [6, 6.07) is 9.64. The van der Waals surface area contributed by atoms with Crippen LogP contribution in [0.5, 0.6) is 0 Å². The number of carbonyl (C=O) groups excluding carboxylic acids is 1. The maximum absolute atomic E-state index is 13.1. The fourth-order valence-corrected chi connectivity index (χ4v) is 6.16. The smallest absolute Gasteiger partial charge is 0.255 e. The minimum absolute atomic E-state index is 0.0480. The number of piperidine rings is 1. The maximum atomic E-state index is 13.1. The third kappa shape index (κ3) is 5.05. The summed E-state index contributed by atoms with van der Waals surface area (Å²) in [7, 11) is -3.78. The quantitative estimate of drug-likeness (QED) is 0.667. The topological polar surface area (TPSA) is 79.0 Å². The Morgan fingerprint density at radius 1 is 0.938 bits per heavy atom. The van der Waals surface area contributed by atoms with Crippen molar-refractivity contribution in [2.45, 2.75) is 24.2 Å². The fraction of sp³-hybridized carbons (Fsp3) is 0.409. The van der Waals surface area contributed by atoms with Crippen molar-refractivity contribution in [1.29, 1.82) is 0 Å². The molecule has 0 bridgehead atoms. The van der Waals surface area contributed by atoms with Crippen LogP contribution >= 0.6 is 23.2 Å². The van der Waals surface area contributed by atoms with Gasteiger partial charge in [-0.1, -0.05) is 29.6 Å². The summed E-state index contributed by atoms with van der Waals surface area (Å²) in [6.07, 6.45) is 2.64. The van der Waals surface area contributed by atoms with Gasteiger partial charge in [0.15, 0.2) is 0 Å². The molecule has 1 amide bonds. The number of nitrogens with zero attached hydrogens (tertiary/aromatic N) is 2.